The molecule has 0 unspecified atom stereocenters. The summed E-state index contributed by atoms with van der Waals surface area (Å²) in [6.45, 7) is 1.86. The van der Waals surface area contributed by atoms with E-state index in [2.05, 4.69) is 26.2 Å². The van der Waals surface area contributed by atoms with Gasteiger partial charge in [0.25, 0.3) is 5.91 Å². The van der Waals surface area contributed by atoms with Crippen molar-refractivity contribution in [2.45, 2.75) is 6.92 Å². The molecular formula is C16H12BrClN2O2S. The number of nitrogens with one attached hydrogen (secondary N) is 1. The fraction of sp³-hybridized carbons (Fsp3) is 0.125. The van der Waals surface area contributed by atoms with Gasteiger partial charge in [0.1, 0.15) is 5.75 Å². The molecule has 4 nitrogen and oxygen atoms in total. The first-order valence-corrected chi connectivity index (χ1v) is 8.75. The minimum absolute atomic E-state index is 0.0703. The van der Waals surface area contributed by atoms with E-state index in [1.807, 2.05) is 37.3 Å². The van der Waals surface area contributed by atoms with Gasteiger partial charge in [-0.15, -0.1) is 0 Å². The molecule has 0 saturated carbocycles. The zero-order valence-corrected chi connectivity index (χ0v) is 15.3. The van der Waals surface area contributed by atoms with E-state index in [-0.39, 0.29) is 12.5 Å². The zero-order chi connectivity index (χ0) is 16.4. The van der Waals surface area contributed by atoms with Crippen LogP contribution in [0.1, 0.15) is 5.56 Å². The third-order valence-electron chi connectivity index (χ3n) is 3.09. The van der Waals surface area contributed by atoms with Crippen molar-refractivity contribution < 1.29 is 9.53 Å². The summed E-state index contributed by atoms with van der Waals surface area (Å²) in [5.74, 6) is 0.428. The molecule has 3 aromatic rings. The van der Waals surface area contributed by atoms with Crippen molar-refractivity contribution in [1.29, 1.82) is 0 Å². The molecule has 0 spiro atoms. The molecule has 0 bridgehead atoms. The van der Waals surface area contributed by atoms with Crippen molar-refractivity contribution in [2.75, 3.05) is 11.9 Å². The Morgan fingerprint density at radius 3 is 2.96 bits per heavy atom. The number of anilines is 1. The molecule has 1 aromatic heterocycles. The molecule has 0 atom stereocenters. The van der Waals surface area contributed by atoms with E-state index in [0.717, 1.165) is 20.3 Å². The number of carbonyl (C=O) groups excluding carboxylic acids is 1. The van der Waals surface area contributed by atoms with E-state index in [1.54, 1.807) is 6.07 Å². The lowest BCUT2D eigenvalue weighted by molar-refractivity contribution is -0.118. The summed E-state index contributed by atoms with van der Waals surface area (Å²) in [6, 6.07) is 11.1. The van der Waals surface area contributed by atoms with Crippen LogP contribution in [0, 0.1) is 6.92 Å². The standard InChI is InChI=1S/C16H12BrClN2O2S/c1-9-6-10(17)2-5-13(9)22-8-15(21)20-16-19-12-4-3-11(18)7-14(12)23-16/h2-7H,8H2,1H3,(H,19,20,21). The predicted molar refractivity (Wildman–Crippen MR) is 97.6 cm³/mol. The van der Waals surface area contributed by atoms with Gasteiger partial charge in [0.2, 0.25) is 0 Å². The maximum absolute atomic E-state index is 12.0. The van der Waals surface area contributed by atoms with Crippen LogP contribution in [-0.2, 0) is 4.79 Å². The van der Waals surface area contributed by atoms with E-state index in [4.69, 9.17) is 16.3 Å². The molecule has 7 heteroatoms. The molecule has 0 aliphatic carbocycles. The fourth-order valence-corrected chi connectivity index (χ4v) is 3.66. The molecule has 0 saturated heterocycles. The quantitative estimate of drug-likeness (QED) is 0.654. The van der Waals surface area contributed by atoms with Crippen LogP contribution in [0.15, 0.2) is 40.9 Å². The van der Waals surface area contributed by atoms with E-state index in [1.165, 1.54) is 11.3 Å². The fourth-order valence-electron chi connectivity index (χ4n) is 2.03. The number of thiazole rings is 1. The SMILES string of the molecule is Cc1cc(Br)ccc1OCC(=O)Nc1nc2ccc(Cl)cc2s1. The third-order valence-corrected chi connectivity index (χ3v) is 4.75. The molecule has 0 fully saturated rings. The Bertz CT molecular complexity index is 882. The lowest BCUT2D eigenvalue weighted by atomic mass is 10.2. The number of ether oxygens (including phenoxy) is 1. The lowest BCUT2D eigenvalue weighted by Crippen LogP contribution is -2.20. The number of rotatable bonds is 4. The van der Waals surface area contributed by atoms with Gasteiger partial charge in [0.15, 0.2) is 11.7 Å². The van der Waals surface area contributed by atoms with Crippen molar-refractivity contribution in [3.8, 4) is 5.75 Å². The largest absolute Gasteiger partial charge is 0.483 e. The van der Waals surface area contributed by atoms with E-state index < -0.39 is 0 Å². The van der Waals surface area contributed by atoms with Gasteiger partial charge in [-0.1, -0.05) is 38.9 Å². The maximum atomic E-state index is 12.0. The molecule has 0 radical (unpaired) electrons. The number of nitrogens with zero attached hydrogens (tertiary/aromatic N) is 1. The number of aromatic nitrogens is 1. The van der Waals surface area contributed by atoms with Gasteiger partial charge < -0.3 is 4.74 Å². The van der Waals surface area contributed by atoms with E-state index >= 15 is 0 Å². The van der Waals surface area contributed by atoms with Gasteiger partial charge in [-0.2, -0.15) is 0 Å². The highest BCUT2D eigenvalue weighted by Crippen LogP contribution is 2.28. The number of benzene rings is 2. The molecule has 1 heterocycles. The molecule has 0 aliphatic heterocycles. The van der Waals surface area contributed by atoms with Crippen LogP contribution in [0.4, 0.5) is 5.13 Å². The number of aryl methyl sites for hydroxylation is 1. The first kappa shape index (κ1) is 16.2. The summed E-state index contributed by atoms with van der Waals surface area (Å²) in [5.41, 5.74) is 1.76. The van der Waals surface area contributed by atoms with Crippen molar-refractivity contribution >= 4 is 60.1 Å². The summed E-state index contributed by atoms with van der Waals surface area (Å²) in [7, 11) is 0. The topological polar surface area (TPSA) is 51.2 Å². The number of hydrogen-bond donors (Lipinski definition) is 1. The first-order chi connectivity index (χ1) is 11.0. The number of halogens is 2. The van der Waals surface area contributed by atoms with Crippen LogP contribution in [0.3, 0.4) is 0 Å². The summed E-state index contributed by atoms with van der Waals surface area (Å²) >= 11 is 10.7. The Morgan fingerprint density at radius 2 is 2.17 bits per heavy atom. The average Bonchev–Trinajstić information content (AvgIpc) is 2.87. The third kappa shape index (κ3) is 4.02. The Balaban J connectivity index is 1.64. The predicted octanol–water partition coefficient (Wildman–Crippen LogP) is 5.04. The second-order valence-corrected chi connectivity index (χ2v) is 7.26. The van der Waals surface area contributed by atoms with Crippen LogP contribution in [0.25, 0.3) is 10.2 Å². The van der Waals surface area contributed by atoms with Crippen molar-refractivity contribution in [1.82, 2.24) is 4.98 Å². The Hall–Kier alpha value is -1.63. The van der Waals surface area contributed by atoms with Gasteiger partial charge in [-0.05, 0) is 48.9 Å². The van der Waals surface area contributed by atoms with Crippen molar-refractivity contribution in [3.63, 3.8) is 0 Å². The minimum atomic E-state index is -0.252. The van der Waals surface area contributed by atoms with E-state index in [9.17, 15) is 4.79 Å². The highest BCUT2D eigenvalue weighted by molar-refractivity contribution is 9.10. The van der Waals surface area contributed by atoms with Gasteiger partial charge in [0, 0.05) is 9.50 Å². The molecule has 0 aliphatic rings. The van der Waals surface area contributed by atoms with Gasteiger partial charge in [0.05, 0.1) is 10.2 Å². The van der Waals surface area contributed by atoms with Gasteiger partial charge >= 0.3 is 0 Å². The highest BCUT2D eigenvalue weighted by Gasteiger charge is 2.10. The molecule has 118 valence electrons. The Kier molecular flexibility index (Phi) is 4.84. The van der Waals surface area contributed by atoms with Crippen LogP contribution in [0.5, 0.6) is 5.75 Å². The first-order valence-electron chi connectivity index (χ1n) is 6.76. The molecular weight excluding hydrogens is 400 g/mol. The van der Waals surface area contributed by atoms with Gasteiger partial charge in [-0.3, -0.25) is 10.1 Å². The average molecular weight is 412 g/mol. The van der Waals surface area contributed by atoms with Crippen LogP contribution in [0.2, 0.25) is 5.02 Å². The van der Waals surface area contributed by atoms with Crippen LogP contribution >= 0.6 is 38.9 Å². The minimum Gasteiger partial charge on any atom is -0.483 e. The smallest absolute Gasteiger partial charge is 0.264 e. The number of hydrogen-bond acceptors (Lipinski definition) is 4. The second-order valence-electron chi connectivity index (χ2n) is 4.88. The monoisotopic (exact) mass is 410 g/mol. The van der Waals surface area contributed by atoms with Crippen molar-refractivity contribution in [2.24, 2.45) is 0 Å². The van der Waals surface area contributed by atoms with Crippen LogP contribution < -0.4 is 10.1 Å². The Morgan fingerprint density at radius 1 is 1.35 bits per heavy atom. The number of fused-ring (bicyclic) bond motifs is 1. The number of amides is 1. The van der Waals surface area contributed by atoms with Crippen molar-refractivity contribution in [3.05, 3.63) is 51.5 Å². The normalized spacial score (nSPS) is 10.7. The Labute approximate surface area is 150 Å². The summed E-state index contributed by atoms with van der Waals surface area (Å²) in [4.78, 5) is 16.3. The second kappa shape index (κ2) is 6.86. The molecule has 1 N–H and O–H groups in total. The molecule has 23 heavy (non-hydrogen) atoms. The molecule has 3 rings (SSSR count). The van der Waals surface area contributed by atoms with E-state index in [0.29, 0.717) is 15.9 Å². The van der Waals surface area contributed by atoms with Crippen LogP contribution in [-0.4, -0.2) is 17.5 Å². The summed E-state index contributed by atoms with van der Waals surface area (Å²) < 4.78 is 7.44. The molecule has 2 aromatic carbocycles. The number of carbonyl (C=O) groups is 1. The summed E-state index contributed by atoms with van der Waals surface area (Å²) in [6.07, 6.45) is 0. The highest BCUT2D eigenvalue weighted by atomic mass is 79.9. The molecule has 1 amide bonds. The zero-order valence-electron chi connectivity index (χ0n) is 12.1. The lowest BCUT2D eigenvalue weighted by Gasteiger charge is -2.08. The van der Waals surface area contributed by atoms with Gasteiger partial charge in [-0.25, -0.2) is 4.98 Å². The maximum Gasteiger partial charge on any atom is 0.264 e. The summed E-state index contributed by atoms with van der Waals surface area (Å²) in [5, 5.41) is 3.92.